The third-order valence-electron chi connectivity index (χ3n) is 7.66. The maximum Gasteiger partial charge on any atom is 0.227 e. The van der Waals surface area contributed by atoms with Crippen molar-refractivity contribution in [2.24, 2.45) is 5.92 Å². The Morgan fingerprint density at radius 2 is 1.77 bits per heavy atom. The van der Waals surface area contributed by atoms with Gasteiger partial charge in [0.1, 0.15) is 23.6 Å². The molecule has 2 fully saturated rings. The average molecular weight is 551 g/mol. The number of hydrogen-bond donors (Lipinski definition) is 0. The van der Waals surface area contributed by atoms with E-state index in [1.54, 1.807) is 6.20 Å². The van der Waals surface area contributed by atoms with Crippen LogP contribution in [0.15, 0.2) is 41.7 Å². The van der Waals surface area contributed by atoms with Gasteiger partial charge in [0, 0.05) is 44.2 Å². The van der Waals surface area contributed by atoms with Gasteiger partial charge in [0.15, 0.2) is 15.5 Å². The van der Waals surface area contributed by atoms with Gasteiger partial charge in [-0.05, 0) is 63.1 Å². The topological polar surface area (TPSA) is 110 Å². The SMILES string of the molecule is Cc1cc(N2CCCC2)nc(N2CCC(Cc3ncnc4c3cnn4-c3ccc(S(C)(=O)=O)cc3F)CC2)n1. The zero-order chi connectivity index (χ0) is 27.1. The lowest BCUT2D eigenvalue weighted by molar-refractivity contribution is 0.398. The molecule has 0 spiro atoms. The molecule has 2 saturated heterocycles. The zero-order valence-corrected chi connectivity index (χ0v) is 22.9. The van der Waals surface area contributed by atoms with E-state index in [2.05, 4.69) is 30.9 Å². The first-order valence-electron chi connectivity index (χ1n) is 13.3. The lowest BCUT2D eigenvalue weighted by atomic mass is 9.91. The summed E-state index contributed by atoms with van der Waals surface area (Å²) >= 11 is 0. The number of piperidine rings is 1. The zero-order valence-electron chi connectivity index (χ0n) is 22.1. The van der Waals surface area contributed by atoms with Crippen LogP contribution in [0.1, 0.15) is 37.1 Å². The van der Waals surface area contributed by atoms with E-state index < -0.39 is 15.7 Å². The first kappa shape index (κ1) is 25.6. The summed E-state index contributed by atoms with van der Waals surface area (Å²) in [6.07, 6.45) is 9.34. The van der Waals surface area contributed by atoms with Crippen molar-refractivity contribution < 1.29 is 12.8 Å². The number of fused-ring (bicyclic) bond motifs is 1. The van der Waals surface area contributed by atoms with E-state index in [1.807, 2.05) is 6.92 Å². The number of nitrogens with zero attached hydrogens (tertiary/aromatic N) is 8. The molecule has 0 bridgehead atoms. The van der Waals surface area contributed by atoms with Crippen LogP contribution in [0.4, 0.5) is 16.2 Å². The number of anilines is 2. The van der Waals surface area contributed by atoms with E-state index in [-0.39, 0.29) is 10.6 Å². The van der Waals surface area contributed by atoms with Gasteiger partial charge >= 0.3 is 0 Å². The smallest absolute Gasteiger partial charge is 0.227 e. The maximum absolute atomic E-state index is 14.9. The molecule has 6 rings (SSSR count). The molecule has 0 radical (unpaired) electrons. The molecule has 3 aromatic heterocycles. The van der Waals surface area contributed by atoms with Crippen molar-refractivity contribution in [3.63, 3.8) is 0 Å². The van der Waals surface area contributed by atoms with E-state index >= 15 is 0 Å². The van der Waals surface area contributed by atoms with Gasteiger partial charge in [-0.1, -0.05) is 0 Å². The first-order valence-corrected chi connectivity index (χ1v) is 15.2. The molecule has 1 aromatic carbocycles. The van der Waals surface area contributed by atoms with Crippen LogP contribution in [-0.2, 0) is 16.3 Å². The van der Waals surface area contributed by atoms with Crippen molar-refractivity contribution in [3.05, 3.63) is 54.0 Å². The normalized spacial score (nSPS) is 16.9. The van der Waals surface area contributed by atoms with Crippen molar-refractivity contribution in [1.82, 2.24) is 29.7 Å². The highest BCUT2D eigenvalue weighted by molar-refractivity contribution is 7.90. The number of aromatic nitrogens is 6. The number of rotatable bonds is 6. The lowest BCUT2D eigenvalue weighted by Gasteiger charge is -2.32. The molecular weight excluding hydrogens is 519 g/mol. The number of halogens is 1. The van der Waals surface area contributed by atoms with Crippen LogP contribution >= 0.6 is 0 Å². The van der Waals surface area contributed by atoms with Gasteiger partial charge < -0.3 is 9.80 Å². The summed E-state index contributed by atoms with van der Waals surface area (Å²) in [5.41, 5.74) is 2.50. The molecule has 2 aliphatic heterocycles. The molecule has 0 saturated carbocycles. The van der Waals surface area contributed by atoms with Crippen LogP contribution in [0.25, 0.3) is 16.7 Å². The molecule has 0 unspecified atom stereocenters. The largest absolute Gasteiger partial charge is 0.356 e. The van der Waals surface area contributed by atoms with Crippen molar-refractivity contribution in [2.75, 3.05) is 42.2 Å². The second kappa shape index (κ2) is 10.1. The Kier molecular flexibility index (Phi) is 6.66. The average Bonchev–Trinajstić information content (AvgIpc) is 3.60. The van der Waals surface area contributed by atoms with E-state index in [4.69, 9.17) is 9.97 Å². The van der Waals surface area contributed by atoms with Gasteiger partial charge in [-0.25, -0.2) is 32.4 Å². The third kappa shape index (κ3) is 5.17. The summed E-state index contributed by atoms with van der Waals surface area (Å²) < 4.78 is 39.9. The van der Waals surface area contributed by atoms with E-state index in [0.29, 0.717) is 11.6 Å². The van der Waals surface area contributed by atoms with E-state index in [9.17, 15) is 12.8 Å². The summed E-state index contributed by atoms with van der Waals surface area (Å²) in [5.74, 6) is 1.59. The second-order valence-electron chi connectivity index (χ2n) is 10.5. The molecular formula is C27H31FN8O2S. The minimum Gasteiger partial charge on any atom is -0.356 e. The van der Waals surface area contributed by atoms with Crippen molar-refractivity contribution in [2.45, 2.75) is 43.9 Å². The minimum atomic E-state index is -3.52. The summed E-state index contributed by atoms with van der Waals surface area (Å²) in [7, 11) is -3.52. The van der Waals surface area contributed by atoms with Gasteiger partial charge in [0.05, 0.1) is 22.2 Å². The number of benzene rings is 1. The molecule has 12 heteroatoms. The molecule has 0 N–H and O–H groups in total. The van der Waals surface area contributed by atoms with E-state index in [0.717, 1.165) is 86.3 Å². The fraction of sp³-hybridized carbons (Fsp3) is 0.444. The van der Waals surface area contributed by atoms with Gasteiger partial charge in [-0.15, -0.1) is 0 Å². The highest BCUT2D eigenvalue weighted by Gasteiger charge is 2.25. The monoisotopic (exact) mass is 550 g/mol. The van der Waals surface area contributed by atoms with Gasteiger partial charge in [0.2, 0.25) is 5.95 Å². The van der Waals surface area contributed by atoms with Crippen LogP contribution in [0.5, 0.6) is 0 Å². The Morgan fingerprint density at radius 1 is 1.00 bits per heavy atom. The molecule has 2 aliphatic rings. The Bertz CT molecular complexity index is 1630. The summed E-state index contributed by atoms with van der Waals surface area (Å²) in [6, 6.07) is 5.88. The van der Waals surface area contributed by atoms with Gasteiger partial charge in [-0.2, -0.15) is 10.1 Å². The van der Waals surface area contributed by atoms with Crippen LogP contribution in [0.3, 0.4) is 0 Å². The van der Waals surface area contributed by atoms with Crippen LogP contribution in [0, 0.1) is 18.7 Å². The number of sulfone groups is 1. The van der Waals surface area contributed by atoms with E-state index in [1.165, 1.54) is 36.0 Å². The lowest BCUT2D eigenvalue weighted by Crippen LogP contribution is -2.36. The Hall–Kier alpha value is -3.67. The molecule has 39 heavy (non-hydrogen) atoms. The molecule has 10 nitrogen and oxygen atoms in total. The molecule has 4 aromatic rings. The summed E-state index contributed by atoms with van der Waals surface area (Å²) in [6.45, 7) is 5.89. The van der Waals surface area contributed by atoms with Crippen LogP contribution in [0.2, 0.25) is 0 Å². The molecule has 0 atom stereocenters. The second-order valence-corrected chi connectivity index (χ2v) is 12.5. The predicted molar refractivity (Wildman–Crippen MR) is 147 cm³/mol. The molecule has 204 valence electrons. The fourth-order valence-electron chi connectivity index (χ4n) is 5.52. The van der Waals surface area contributed by atoms with Crippen molar-refractivity contribution in [1.29, 1.82) is 0 Å². The summed E-state index contributed by atoms with van der Waals surface area (Å²) in [4.78, 5) is 23.1. The highest BCUT2D eigenvalue weighted by Crippen LogP contribution is 2.29. The minimum absolute atomic E-state index is 0.0785. The number of hydrogen-bond acceptors (Lipinski definition) is 9. The Morgan fingerprint density at radius 3 is 2.49 bits per heavy atom. The maximum atomic E-state index is 14.9. The molecule has 0 aliphatic carbocycles. The highest BCUT2D eigenvalue weighted by atomic mass is 32.2. The predicted octanol–water partition coefficient (Wildman–Crippen LogP) is 3.52. The Balaban J connectivity index is 1.17. The van der Waals surface area contributed by atoms with Gasteiger partial charge in [0.25, 0.3) is 0 Å². The molecule has 0 amide bonds. The quantitative estimate of drug-likeness (QED) is 0.356. The molecule has 5 heterocycles. The van der Waals surface area contributed by atoms with Crippen LogP contribution < -0.4 is 9.80 Å². The standard InChI is InChI=1S/C27H31FN8O2S/c1-18-13-25(34-9-3-4-10-34)33-27(32-18)35-11-7-19(8-12-35)14-23-21-16-31-36(26(21)30-17-29-23)24-6-5-20(15-22(24)28)39(2,37)38/h5-6,13,15-17,19H,3-4,7-12,14H2,1-2H3. The van der Waals surface area contributed by atoms with Crippen LogP contribution in [-0.4, -0.2) is 70.6 Å². The number of aryl methyl sites for hydroxylation is 1. The Labute approximate surface area is 226 Å². The summed E-state index contributed by atoms with van der Waals surface area (Å²) in [5, 5.41) is 5.14. The van der Waals surface area contributed by atoms with Crippen molar-refractivity contribution in [3.8, 4) is 5.69 Å². The van der Waals surface area contributed by atoms with Crippen molar-refractivity contribution >= 4 is 32.6 Å². The first-order chi connectivity index (χ1) is 18.8. The fourth-order valence-corrected chi connectivity index (χ4v) is 6.15. The van der Waals surface area contributed by atoms with Gasteiger partial charge in [-0.3, -0.25) is 0 Å². The third-order valence-corrected chi connectivity index (χ3v) is 8.77.